The number of nitrogens with one attached hydrogen (secondary N) is 2. The maximum atomic E-state index is 11.9. The standard InChI is InChI=1S/C15H20N4O2/c1-9-10(2)17-13-7-11(5-6-12(13)16-9)18-14(21)19-15(3,4)8-20/h5-7,20H,8H2,1-4H3,(H2,18,19,21). The SMILES string of the molecule is Cc1nc2ccc(NC(=O)NC(C)(C)CO)cc2nc1C. The number of hydrogen-bond donors (Lipinski definition) is 3. The first-order chi connectivity index (χ1) is 9.80. The molecule has 2 rings (SSSR count). The van der Waals surface area contributed by atoms with Crippen LogP contribution in [0.5, 0.6) is 0 Å². The predicted octanol–water partition coefficient (Wildman–Crippen LogP) is 2.14. The second kappa shape index (κ2) is 5.65. The number of aliphatic hydroxyl groups excluding tert-OH is 1. The van der Waals surface area contributed by atoms with Crippen molar-refractivity contribution in [3.05, 3.63) is 29.6 Å². The van der Waals surface area contributed by atoms with E-state index in [4.69, 9.17) is 5.11 Å². The average Bonchev–Trinajstić information content (AvgIpc) is 2.40. The van der Waals surface area contributed by atoms with Gasteiger partial charge >= 0.3 is 6.03 Å². The second-order valence-corrected chi connectivity index (χ2v) is 5.72. The highest BCUT2D eigenvalue weighted by molar-refractivity contribution is 5.92. The minimum atomic E-state index is -0.672. The highest BCUT2D eigenvalue weighted by atomic mass is 16.3. The molecule has 2 amide bonds. The van der Waals surface area contributed by atoms with Gasteiger partial charge in [-0.05, 0) is 45.9 Å². The Labute approximate surface area is 123 Å². The van der Waals surface area contributed by atoms with E-state index in [1.54, 1.807) is 26.0 Å². The largest absolute Gasteiger partial charge is 0.394 e. The minimum absolute atomic E-state index is 0.137. The summed E-state index contributed by atoms with van der Waals surface area (Å²) < 4.78 is 0. The van der Waals surface area contributed by atoms with Crippen LogP contribution in [0, 0.1) is 13.8 Å². The number of aryl methyl sites for hydroxylation is 2. The number of fused-ring (bicyclic) bond motifs is 1. The molecule has 3 N–H and O–H groups in total. The minimum Gasteiger partial charge on any atom is -0.394 e. The predicted molar refractivity (Wildman–Crippen MR) is 82.3 cm³/mol. The van der Waals surface area contributed by atoms with Crippen molar-refractivity contribution in [3.8, 4) is 0 Å². The average molecular weight is 288 g/mol. The topological polar surface area (TPSA) is 87.1 Å². The number of urea groups is 1. The van der Waals surface area contributed by atoms with Crippen LogP contribution in [0.3, 0.4) is 0 Å². The van der Waals surface area contributed by atoms with Gasteiger partial charge in [0, 0.05) is 5.69 Å². The summed E-state index contributed by atoms with van der Waals surface area (Å²) in [7, 11) is 0. The number of carbonyl (C=O) groups is 1. The molecule has 0 radical (unpaired) electrons. The molecule has 0 aliphatic carbocycles. The maximum Gasteiger partial charge on any atom is 0.319 e. The summed E-state index contributed by atoms with van der Waals surface area (Å²) in [6.45, 7) is 7.16. The zero-order chi connectivity index (χ0) is 15.6. The van der Waals surface area contributed by atoms with Gasteiger partial charge in [0.1, 0.15) is 0 Å². The molecule has 0 fully saturated rings. The van der Waals surface area contributed by atoms with Crippen molar-refractivity contribution in [1.82, 2.24) is 15.3 Å². The van der Waals surface area contributed by atoms with Crippen LogP contribution in [-0.4, -0.2) is 33.3 Å². The lowest BCUT2D eigenvalue weighted by atomic mass is 10.1. The first-order valence-electron chi connectivity index (χ1n) is 6.76. The van der Waals surface area contributed by atoms with Crippen LogP contribution in [0.1, 0.15) is 25.2 Å². The van der Waals surface area contributed by atoms with Gasteiger partial charge in [-0.25, -0.2) is 14.8 Å². The Kier molecular flexibility index (Phi) is 4.09. The van der Waals surface area contributed by atoms with Gasteiger partial charge in [0.25, 0.3) is 0 Å². The zero-order valence-electron chi connectivity index (χ0n) is 12.7. The lowest BCUT2D eigenvalue weighted by molar-refractivity contribution is 0.187. The highest BCUT2D eigenvalue weighted by Gasteiger charge is 2.19. The van der Waals surface area contributed by atoms with Crippen molar-refractivity contribution in [1.29, 1.82) is 0 Å². The number of aliphatic hydroxyl groups is 1. The Hall–Kier alpha value is -2.21. The van der Waals surface area contributed by atoms with Gasteiger partial charge in [-0.3, -0.25) is 0 Å². The van der Waals surface area contributed by atoms with Crippen molar-refractivity contribution in [2.45, 2.75) is 33.2 Å². The van der Waals surface area contributed by atoms with Crippen molar-refractivity contribution >= 4 is 22.8 Å². The van der Waals surface area contributed by atoms with Crippen LogP contribution in [0.2, 0.25) is 0 Å². The highest BCUT2D eigenvalue weighted by Crippen LogP contribution is 2.17. The van der Waals surface area contributed by atoms with E-state index in [1.807, 2.05) is 19.9 Å². The lowest BCUT2D eigenvalue weighted by Crippen LogP contribution is -2.48. The van der Waals surface area contributed by atoms with Crippen molar-refractivity contribution in [2.24, 2.45) is 0 Å². The van der Waals surface area contributed by atoms with E-state index in [0.717, 1.165) is 22.4 Å². The van der Waals surface area contributed by atoms with Crippen molar-refractivity contribution in [2.75, 3.05) is 11.9 Å². The number of anilines is 1. The van der Waals surface area contributed by atoms with Crippen LogP contribution >= 0.6 is 0 Å². The van der Waals surface area contributed by atoms with Crippen LogP contribution in [0.4, 0.5) is 10.5 Å². The molecule has 0 spiro atoms. The second-order valence-electron chi connectivity index (χ2n) is 5.72. The van der Waals surface area contributed by atoms with Gasteiger partial charge in [-0.2, -0.15) is 0 Å². The quantitative estimate of drug-likeness (QED) is 0.807. The number of nitrogens with zero attached hydrogens (tertiary/aromatic N) is 2. The van der Waals surface area contributed by atoms with E-state index in [-0.39, 0.29) is 12.6 Å². The van der Waals surface area contributed by atoms with Crippen molar-refractivity contribution in [3.63, 3.8) is 0 Å². The smallest absolute Gasteiger partial charge is 0.319 e. The zero-order valence-corrected chi connectivity index (χ0v) is 12.7. The first kappa shape index (κ1) is 15.2. The summed E-state index contributed by atoms with van der Waals surface area (Å²) in [5.74, 6) is 0. The number of rotatable bonds is 3. The van der Waals surface area contributed by atoms with Crippen LogP contribution in [0.25, 0.3) is 11.0 Å². The van der Waals surface area contributed by atoms with Gasteiger partial charge in [-0.1, -0.05) is 0 Å². The molecule has 0 aliphatic rings. The molecule has 1 heterocycles. The molecule has 6 nitrogen and oxygen atoms in total. The van der Waals surface area contributed by atoms with E-state index in [1.165, 1.54) is 0 Å². The molecule has 112 valence electrons. The van der Waals surface area contributed by atoms with Gasteiger partial charge < -0.3 is 15.7 Å². The summed E-state index contributed by atoms with van der Waals surface area (Å²) in [6.07, 6.45) is 0. The van der Waals surface area contributed by atoms with Crippen LogP contribution in [0.15, 0.2) is 18.2 Å². The molecule has 0 aliphatic heterocycles. The van der Waals surface area contributed by atoms with Gasteiger partial charge in [0.15, 0.2) is 0 Å². The third kappa shape index (κ3) is 3.66. The molecule has 2 aromatic rings. The van der Waals surface area contributed by atoms with Crippen LogP contribution in [-0.2, 0) is 0 Å². The molecule has 1 aromatic carbocycles. The third-order valence-corrected chi connectivity index (χ3v) is 3.18. The monoisotopic (exact) mass is 288 g/mol. The Balaban J connectivity index is 2.20. The van der Waals surface area contributed by atoms with Crippen LogP contribution < -0.4 is 10.6 Å². The molecular formula is C15H20N4O2. The summed E-state index contributed by atoms with van der Waals surface area (Å²) in [5, 5.41) is 14.6. The molecule has 0 saturated heterocycles. The maximum absolute atomic E-state index is 11.9. The summed E-state index contributed by atoms with van der Waals surface area (Å²) in [6, 6.07) is 5.00. The van der Waals surface area contributed by atoms with E-state index in [2.05, 4.69) is 20.6 Å². The van der Waals surface area contributed by atoms with Gasteiger partial charge in [0.05, 0.1) is 34.6 Å². The fourth-order valence-corrected chi connectivity index (χ4v) is 1.82. The molecule has 0 atom stereocenters. The molecular weight excluding hydrogens is 268 g/mol. The Morgan fingerprint density at radius 3 is 2.43 bits per heavy atom. The number of benzene rings is 1. The number of carbonyl (C=O) groups excluding carboxylic acids is 1. The Morgan fingerprint density at radius 2 is 1.81 bits per heavy atom. The van der Waals surface area contributed by atoms with E-state index < -0.39 is 5.54 Å². The molecule has 21 heavy (non-hydrogen) atoms. The van der Waals surface area contributed by atoms with E-state index >= 15 is 0 Å². The number of amides is 2. The number of hydrogen-bond acceptors (Lipinski definition) is 4. The fraction of sp³-hybridized carbons (Fsp3) is 0.400. The normalized spacial score (nSPS) is 11.5. The molecule has 0 saturated carbocycles. The molecule has 0 bridgehead atoms. The van der Waals surface area contributed by atoms with Crippen molar-refractivity contribution < 1.29 is 9.90 Å². The van der Waals surface area contributed by atoms with E-state index in [0.29, 0.717) is 5.69 Å². The molecule has 6 heteroatoms. The summed E-state index contributed by atoms with van der Waals surface area (Å²) in [5.41, 5.74) is 3.24. The van der Waals surface area contributed by atoms with Gasteiger partial charge in [0.2, 0.25) is 0 Å². The summed E-state index contributed by atoms with van der Waals surface area (Å²) >= 11 is 0. The summed E-state index contributed by atoms with van der Waals surface area (Å²) in [4.78, 5) is 20.8. The molecule has 1 aromatic heterocycles. The third-order valence-electron chi connectivity index (χ3n) is 3.18. The van der Waals surface area contributed by atoms with E-state index in [9.17, 15) is 4.79 Å². The first-order valence-corrected chi connectivity index (χ1v) is 6.76. The van der Waals surface area contributed by atoms with Gasteiger partial charge in [-0.15, -0.1) is 0 Å². The lowest BCUT2D eigenvalue weighted by Gasteiger charge is -2.23. The fourth-order valence-electron chi connectivity index (χ4n) is 1.82. The Bertz CT molecular complexity index is 683. The molecule has 0 unspecified atom stereocenters. The Morgan fingerprint density at radius 1 is 1.19 bits per heavy atom. The number of aromatic nitrogens is 2.